The lowest BCUT2D eigenvalue weighted by atomic mass is 9.93. The predicted molar refractivity (Wildman–Crippen MR) is 62.7 cm³/mol. The first kappa shape index (κ1) is 9.73. The molecule has 3 rings (SSSR count). The number of aromatic nitrogens is 1. The molecule has 1 heterocycles. The fraction of sp³-hybridized carbons (Fsp3) is 0.385. The molecule has 0 spiro atoms. The molecule has 0 saturated carbocycles. The zero-order chi connectivity index (χ0) is 11.1. The number of aliphatic hydroxyl groups excluding tert-OH is 1. The van der Waals surface area contributed by atoms with Crippen LogP contribution in [-0.2, 0) is 6.42 Å². The van der Waals surface area contributed by atoms with Gasteiger partial charge >= 0.3 is 0 Å². The number of nitrogens with one attached hydrogen (secondary N) is 1. The van der Waals surface area contributed by atoms with Gasteiger partial charge < -0.3 is 14.8 Å². The Balaban J connectivity index is 2.31. The number of H-pyrrole nitrogens is 1. The lowest BCUT2D eigenvalue weighted by Crippen LogP contribution is -2.07. The number of aromatic amines is 1. The molecule has 0 fully saturated rings. The number of aliphatic hydroxyl groups is 1. The Bertz CT molecular complexity index is 530. The Hall–Kier alpha value is -1.48. The summed E-state index contributed by atoms with van der Waals surface area (Å²) in [5.41, 5.74) is 3.24. The maximum Gasteiger partial charge on any atom is 0.142 e. The molecule has 0 radical (unpaired) electrons. The third-order valence-electron chi connectivity index (χ3n) is 3.39. The topological polar surface area (TPSA) is 45.2 Å². The van der Waals surface area contributed by atoms with Crippen molar-refractivity contribution in [2.45, 2.75) is 25.4 Å². The summed E-state index contributed by atoms with van der Waals surface area (Å²) in [6.45, 7) is 0. The first-order valence-electron chi connectivity index (χ1n) is 5.67. The minimum Gasteiger partial charge on any atom is -0.495 e. The van der Waals surface area contributed by atoms with Crippen LogP contribution in [-0.4, -0.2) is 17.2 Å². The van der Waals surface area contributed by atoms with Crippen LogP contribution in [0.25, 0.3) is 10.9 Å². The summed E-state index contributed by atoms with van der Waals surface area (Å²) >= 11 is 0. The van der Waals surface area contributed by atoms with Gasteiger partial charge in [-0.25, -0.2) is 0 Å². The number of aryl methyl sites for hydroxylation is 1. The molecule has 1 atom stereocenters. The van der Waals surface area contributed by atoms with Crippen LogP contribution in [0.4, 0.5) is 0 Å². The number of benzene rings is 1. The van der Waals surface area contributed by atoms with Crippen molar-refractivity contribution in [3.05, 3.63) is 29.5 Å². The van der Waals surface area contributed by atoms with Gasteiger partial charge in [0, 0.05) is 11.1 Å². The molecular weight excluding hydrogens is 202 g/mol. The maximum absolute atomic E-state index is 9.95. The minimum atomic E-state index is -0.346. The normalized spacial score (nSPS) is 19.8. The molecule has 1 aliphatic rings. The average Bonchev–Trinajstić information content (AvgIpc) is 2.69. The highest BCUT2D eigenvalue weighted by atomic mass is 16.5. The van der Waals surface area contributed by atoms with E-state index in [2.05, 4.69) is 11.1 Å². The molecule has 3 heteroatoms. The Morgan fingerprint density at radius 2 is 2.31 bits per heavy atom. The van der Waals surface area contributed by atoms with Crippen molar-refractivity contribution in [1.82, 2.24) is 4.98 Å². The van der Waals surface area contributed by atoms with Crippen molar-refractivity contribution in [2.24, 2.45) is 0 Å². The molecule has 1 aromatic heterocycles. The second kappa shape index (κ2) is 3.52. The van der Waals surface area contributed by atoms with E-state index < -0.39 is 0 Å². The lowest BCUT2D eigenvalue weighted by molar-refractivity contribution is 0.153. The largest absolute Gasteiger partial charge is 0.495 e. The zero-order valence-electron chi connectivity index (χ0n) is 9.29. The molecule has 1 aliphatic carbocycles. The van der Waals surface area contributed by atoms with Crippen LogP contribution in [0.2, 0.25) is 0 Å². The molecule has 0 amide bonds. The Labute approximate surface area is 94.0 Å². The van der Waals surface area contributed by atoms with Gasteiger partial charge in [-0.3, -0.25) is 0 Å². The van der Waals surface area contributed by atoms with E-state index in [1.54, 1.807) is 7.11 Å². The SMILES string of the molecule is COc1cccc2c3c([nH]c12)C(O)CCC3. The third-order valence-corrected chi connectivity index (χ3v) is 3.39. The van der Waals surface area contributed by atoms with E-state index in [1.165, 1.54) is 10.9 Å². The van der Waals surface area contributed by atoms with Crippen LogP contribution in [0.5, 0.6) is 5.75 Å². The highest BCUT2D eigenvalue weighted by molar-refractivity contribution is 5.89. The molecule has 84 valence electrons. The van der Waals surface area contributed by atoms with Crippen molar-refractivity contribution in [2.75, 3.05) is 7.11 Å². The fourth-order valence-corrected chi connectivity index (χ4v) is 2.61. The van der Waals surface area contributed by atoms with Crippen molar-refractivity contribution in [3.8, 4) is 5.75 Å². The number of hydrogen-bond acceptors (Lipinski definition) is 2. The van der Waals surface area contributed by atoms with Gasteiger partial charge in [-0.15, -0.1) is 0 Å². The smallest absolute Gasteiger partial charge is 0.142 e. The van der Waals surface area contributed by atoms with Gasteiger partial charge in [-0.1, -0.05) is 12.1 Å². The van der Waals surface area contributed by atoms with E-state index in [-0.39, 0.29) is 6.10 Å². The zero-order valence-corrected chi connectivity index (χ0v) is 9.29. The number of fused-ring (bicyclic) bond motifs is 3. The van der Waals surface area contributed by atoms with Gasteiger partial charge in [0.05, 0.1) is 18.7 Å². The minimum absolute atomic E-state index is 0.346. The van der Waals surface area contributed by atoms with E-state index >= 15 is 0 Å². The maximum atomic E-state index is 9.95. The molecule has 16 heavy (non-hydrogen) atoms. The summed E-state index contributed by atoms with van der Waals surface area (Å²) in [5, 5.41) is 11.1. The molecular formula is C13H15NO2. The number of methoxy groups -OCH3 is 1. The lowest BCUT2D eigenvalue weighted by Gasteiger charge is -2.17. The second-order valence-electron chi connectivity index (χ2n) is 4.31. The van der Waals surface area contributed by atoms with E-state index in [0.29, 0.717) is 0 Å². The fourth-order valence-electron chi connectivity index (χ4n) is 2.61. The number of hydrogen-bond donors (Lipinski definition) is 2. The third kappa shape index (κ3) is 1.25. The Kier molecular flexibility index (Phi) is 2.14. The van der Waals surface area contributed by atoms with Crippen LogP contribution >= 0.6 is 0 Å². The summed E-state index contributed by atoms with van der Waals surface area (Å²) in [7, 11) is 1.67. The summed E-state index contributed by atoms with van der Waals surface area (Å²) in [6, 6.07) is 6.03. The van der Waals surface area contributed by atoms with Gasteiger partial charge in [0.15, 0.2) is 0 Å². The number of para-hydroxylation sites is 1. The molecule has 3 nitrogen and oxygen atoms in total. The summed E-state index contributed by atoms with van der Waals surface area (Å²) in [6.07, 6.45) is 2.60. The first-order valence-corrected chi connectivity index (χ1v) is 5.67. The second-order valence-corrected chi connectivity index (χ2v) is 4.31. The van der Waals surface area contributed by atoms with Crippen molar-refractivity contribution in [1.29, 1.82) is 0 Å². The average molecular weight is 217 g/mol. The van der Waals surface area contributed by atoms with Gasteiger partial charge in [0.25, 0.3) is 0 Å². The Morgan fingerprint density at radius 3 is 3.12 bits per heavy atom. The highest BCUT2D eigenvalue weighted by Gasteiger charge is 2.23. The van der Waals surface area contributed by atoms with E-state index in [4.69, 9.17) is 4.74 Å². The van der Waals surface area contributed by atoms with E-state index in [0.717, 1.165) is 36.2 Å². The quantitative estimate of drug-likeness (QED) is 0.771. The van der Waals surface area contributed by atoms with Crippen molar-refractivity contribution >= 4 is 10.9 Å². The molecule has 1 unspecified atom stereocenters. The van der Waals surface area contributed by atoms with Crippen LogP contribution in [0.15, 0.2) is 18.2 Å². The van der Waals surface area contributed by atoms with Gasteiger partial charge in [-0.2, -0.15) is 0 Å². The van der Waals surface area contributed by atoms with E-state index in [9.17, 15) is 5.11 Å². The van der Waals surface area contributed by atoms with Crippen LogP contribution < -0.4 is 4.74 Å². The van der Waals surface area contributed by atoms with Gasteiger partial charge in [0.1, 0.15) is 5.75 Å². The van der Waals surface area contributed by atoms with Crippen molar-refractivity contribution in [3.63, 3.8) is 0 Å². The van der Waals surface area contributed by atoms with Gasteiger partial charge in [0.2, 0.25) is 0 Å². The summed E-state index contributed by atoms with van der Waals surface area (Å²) in [5.74, 6) is 0.846. The molecule has 1 aromatic carbocycles. The number of rotatable bonds is 1. The Morgan fingerprint density at radius 1 is 1.44 bits per heavy atom. The van der Waals surface area contributed by atoms with Crippen LogP contribution in [0.3, 0.4) is 0 Å². The molecule has 0 aliphatic heterocycles. The molecule has 2 N–H and O–H groups in total. The van der Waals surface area contributed by atoms with E-state index in [1.807, 2.05) is 12.1 Å². The van der Waals surface area contributed by atoms with Crippen molar-refractivity contribution < 1.29 is 9.84 Å². The van der Waals surface area contributed by atoms with Crippen LogP contribution in [0.1, 0.15) is 30.2 Å². The molecule has 0 bridgehead atoms. The number of ether oxygens (including phenoxy) is 1. The monoisotopic (exact) mass is 217 g/mol. The summed E-state index contributed by atoms with van der Waals surface area (Å²) in [4.78, 5) is 3.31. The molecule has 2 aromatic rings. The summed E-state index contributed by atoms with van der Waals surface area (Å²) < 4.78 is 5.33. The predicted octanol–water partition coefficient (Wildman–Crippen LogP) is 2.55. The van der Waals surface area contributed by atoms with Gasteiger partial charge in [-0.05, 0) is 30.9 Å². The highest BCUT2D eigenvalue weighted by Crippen LogP contribution is 2.37. The first-order chi connectivity index (χ1) is 7.81. The van der Waals surface area contributed by atoms with Crippen LogP contribution in [0, 0.1) is 0 Å². The molecule has 0 saturated heterocycles. The standard InChI is InChI=1S/C13H15NO2/c1-16-11-7-3-5-9-8-4-2-6-10(15)12(8)14-13(9)11/h3,5,7,10,14-15H,2,4,6H2,1H3.